The minimum absolute atomic E-state index is 0.0303. The lowest BCUT2D eigenvalue weighted by Crippen LogP contribution is -2.50. The van der Waals surface area contributed by atoms with Gasteiger partial charge in [0.25, 0.3) is 5.91 Å². The Hall–Kier alpha value is -3.35. The maximum atomic E-state index is 12.8. The van der Waals surface area contributed by atoms with Gasteiger partial charge in [-0.1, -0.05) is 18.2 Å². The summed E-state index contributed by atoms with van der Waals surface area (Å²) in [5.74, 6) is -0.0303. The molecule has 1 atom stereocenters. The SMILES string of the molecule is CC(C)(C)OC(=O)N1CCC(n2cc(Cc3ccc4c5c(cccc35)C(=O)N4)cn2)CC12CC2. The molecule has 3 heterocycles. The standard InChI is InChI=1S/C27H30N4O3/c1-26(2,3)34-25(33)30-12-9-19(14-27(30)10-11-27)31-16-17(15-28-31)13-18-7-8-22-23-20(18)5-4-6-21(23)24(32)29-22/h4-8,15-16,19H,9-14H2,1-3H3,(H,29,32). The van der Waals surface area contributed by atoms with Crippen LogP contribution in [0.1, 0.15) is 74.0 Å². The van der Waals surface area contributed by atoms with E-state index in [4.69, 9.17) is 9.84 Å². The highest BCUT2D eigenvalue weighted by Crippen LogP contribution is 2.51. The van der Waals surface area contributed by atoms with E-state index in [0.717, 1.165) is 59.7 Å². The molecule has 1 saturated carbocycles. The maximum Gasteiger partial charge on any atom is 0.410 e. The molecule has 2 aromatic carbocycles. The number of carbonyl (C=O) groups excluding carboxylic acids is 2. The van der Waals surface area contributed by atoms with E-state index in [0.29, 0.717) is 6.54 Å². The first-order valence-corrected chi connectivity index (χ1v) is 12.1. The van der Waals surface area contributed by atoms with Gasteiger partial charge in [0.2, 0.25) is 0 Å². The molecule has 2 amide bonds. The van der Waals surface area contributed by atoms with Crippen LogP contribution in [0.25, 0.3) is 10.8 Å². The lowest BCUT2D eigenvalue weighted by atomic mass is 9.95. The van der Waals surface area contributed by atoms with Crippen LogP contribution in [-0.4, -0.2) is 44.4 Å². The molecular weight excluding hydrogens is 428 g/mol. The van der Waals surface area contributed by atoms with E-state index in [1.54, 1.807) is 0 Å². The Kier molecular flexibility index (Phi) is 4.57. The van der Waals surface area contributed by atoms with Gasteiger partial charge in [-0.25, -0.2) is 4.79 Å². The van der Waals surface area contributed by atoms with Gasteiger partial charge in [0, 0.05) is 41.3 Å². The lowest BCUT2D eigenvalue weighted by Gasteiger charge is -2.40. The average Bonchev–Trinajstić information content (AvgIpc) is 3.23. The summed E-state index contributed by atoms with van der Waals surface area (Å²) in [6.07, 6.45) is 8.53. The number of nitrogens with zero attached hydrogens (tertiary/aromatic N) is 3. The Morgan fingerprint density at radius 2 is 2.06 bits per heavy atom. The van der Waals surface area contributed by atoms with Gasteiger partial charge < -0.3 is 15.0 Å². The van der Waals surface area contributed by atoms with Crippen LogP contribution in [0.3, 0.4) is 0 Å². The smallest absolute Gasteiger partial charge is 0.410 e. The lowest BCUT2D eigenvalue weighted by molar-refractivity contribution is -0.0000310. The number of hydrogen-bond acceptors (Lipinski definition) is 4. The fraction of sp³-hybridized carbons (Fsp3) is 0.444. The van der Waals surface area contributed by atoms with Gasteiger partial charge in [-0.2, -0.15) is 5.10 Å². The van der Waals surface area contributed by atoms with Crippen LogP contribution in [0.4, 0.5) is 10.5 Å². The monoisotopic (exact) mass is 458 g/mol. The fourth-order valence-electron chi connectivity index (χ4n) is 5.60. The van der Waals surface area contributed by atoms with Crippen LogP contribution in [-0.2, 0) is 11.2 Å². The maximum absolute atomic E-state index is 12.8. The number of carbonyl (C=O) groups is 2. The molecule has 0 radical (unpaired) electrons. The van der Waals surface area contributed by atoms with Gasteiger partial charge >= 0.3 is 6.09 Å². The van der Waals surface area contributed by atoms with E-state index < -0.39 is 5.60 Å². The normalized spacial score (nSPS) is 20.6. The molecule has 1 unspecified atom stereocenters. The third kappa shape index (κ3) is 3.54. The number of ether oxygens (including phenoxy) is 1. The third-order valence-electron chi connectivity index (χ3n) is 7.36. The number of amides is 2. The number of piperidine rings is 1. The third-order valence-corrected chi connectivity index (χ3v) is 7.36. The van der Waals surface area contributed by atoms with Crippen molar-refractivity contribution in [1.29, 1.82) is 0 Å². The first kappa shape index (κ1) is 21.2. The zero-order valence-electron chi connectivity index (χ0n) is 19.9. The van der Waals surface area contributed by atoms with Crippen molar-refractivity contribution >= 4 is 28.5 Å². The second kappa shape index (κ2) is 7.32. The number of benzene rings is 2. The second-order valence-corrected chi connectivity index (χ2v) is 11.0. The molecule has 2 fully saturated rings. The van der Waals surface area contributed by atoms with Crippen molar-refractivity contribution < 1.29 is 14.3 Å². The topological polar surface area (TPSA) is 76.5 Å². The quantitative estimate of drug-likeness (QED) is 0.578. The van der Waals surface area contributed by atoms with Crippen LogP contribution < -0.4 is 5.32 Å². The van der Waals surface area contributed by atoms with E-state index in [1.165, 1.54) is 5.56 Å². The minimum atomic E-state index is -0.479. The molecule has 7 heteroatoms. The van der Waals surface area contributed by atoms with Crippen molar-refractivity contribution in [3.63, 3.8) is 0 Å². The predicted molar refractivity (Wildman–Crippen MR) is 130 cm³/mol. The summed E-state index contributed by atoms with van der Waals surface area (Å²) in [5.41, 5.74) is 3.42. The van der Waals surface area contributed by atoms with Gasteiger partial charge in [-0.05, 0) is 75.1 Å². The highest BCUT2D eigenvalue weighted by Gasteiger charge is 2.54. The first-order chi connectivity index (χ1) is 16.2. The van der Waals surface area contributed by atoms with Crippen molar-refractivity contribution in [3.05, 3.63) is 59.4 Å². The number of likely N-dealkylation sites (tertiary alicyclic amines) is 1. The van der Waals surface area contributed by atoms with Crippen molar-refractivity contribution in [2.24, 2.45) is 0 Å². The molecule has 1 aliphatic carbocycles. The summed E-state index contributed by atoms with van der Waals surface area (Å²) < 4.78 is 7.76. The van der Waals surface area contributed by atoms with E-state index in [1.807, 2.05) is 50.1 Å². The van der Waals surface area contributed by atoms with Gasteiger partial charge in [0.1, 0.15) is 5.60 Å². The van der Waals surface area contributed by atoms with Crippen LogP contribution in [0.15, 0.2) is 42.7 Å². The number of rotatable bonds is 3. The molecule has 6 rings (SSSR count). The summed E-state index contributed by atoms with van der Waals surface area (Å²) >= 11 is 0. The molecule has 1 saturated heterocycles. The largest absolute Gasteiger partial charge is 0.444 e. The Morgan fingerprint density at radius 1 is 1.24 bits per heavy atom. The predicted octanol–water partition coefficient (Wildman–Crippen LogP) is 5.30. The zero-order valence-corrected chi connectivity index (χ0v) is 19.9. The molecule has 3 aliphatic rings. The summed E-state index contributed by atoms with van der Waals surface area (Å²) in [6, 6.07) is 10.3. The second-order valence-electron chi connectivity index (χ2n) is 11.0. The number of nitrogens with one attached hydrogen (secondary N) is 1. The first-order valence-electron chi connectivity index (χ1n) is 12.1. The minimum Gasteiger partial charge on any atom is -0.444 e. The Balaban J connectivity index is 1.19. The highest BCUT2D eigenvalue weighted by atomic mass is 16.6. The van der Waals surface area contributed by atoms with E-state index in [9.17, 15) is 9.59 Å². The molecule has 1 spiro atoms. The van der Waals surface area contributed by atoms with Crippen LogP contribution >= 0.6 is 0 Å². The molecular formula is C27H30N4O3. The van der Waals surface area contributed by atoms with Crippen LogP contribution in [0.2, 0.25) is 0 Å². The Labute approximate surface area is 199 Å². The summed E-state index contributed by atoms with van der Waals surface area (Å²) in [5, 5.41) is 9.80. The summed E-state index contributed by atoms with van der Waals surface area (Å²) in [6.45, 7) is 6.45. The zero-order chi connectivity index (χ0) is 23.7. The Morgan fingerprint density at radius 3 is 2.82 bits per heavy atom. The van der Waals surface area contributed by atoms with E-state index in [-0.39, 0.29) is 23.6 Å². The van der Waals surface area contributed by atoms with E-state index >= 15 is 0 Å². The molecule has 34 heavy (non-hydrogen) atoms. The fourth-order valence-corrected chi connectivity index (χ4v) is 5.60. The molecule has 176 valence electrons. The molecule has 3 aromatic rings. The number of hydrogen-bond donors (Lipinski definition) is 1. The average molecular weight is 459 g/mol. The molecule has 7 nitrogen and oxygen atoms in total. The van der Waals surface area contributed by atoms with Crippen molar-refractivity contribution in [1.82, 2.24) is 14.7 Å². The highest BCUT2D eigenvalue weighted by molar-refractivity contribution is 6.24. The van der Waals surface area contributed by atoms with Crippen LogP contribution in [0, 0.1) is 0 Å². The van der Waals surface area contributed by atoms with Crippen LogP contribution in [0.5, 0.6) is 0 Å². The molecule has 1 aromatic heterocycles. The molecule has 0 bridgehead atoms. The van der Waals surface area contributed by atoms with Crippen molar-refractivity contribution in [2.45, 2.75) is 70.1 Å². The number of anilines is 1. The van der Waals surface area contributed by atoms with Crippen molar-refractivity contribution in [3.8, 4) is 0 Å². The summed E-state index contributed by atoms with van der Waals surface area (Å²) in [4.78, 5) is 26.9. The van der Waals surface area contributed by atoms with E-state index in [2.05, 4.69) is 28.3 Å². The van der Waals surface area contributed by atoms with Gasteiger partial charge in [0.15, 0.2) is 0 Å². The molecule has 1 N–H and O–H groups in total. The number of aromatic nitrogens is 2. The Bertz CT molecular complexity index is 1320. The van der Waals surface area contributed by atoms with Gasteiger partial charge in [0.05, 0.1) is 12.2 Å². The summed E-state index contributed by atoms with van der Waals surface area (Å²) in [7, 11) is 0. The van der Waals surface area contributed by atoms with Crippen molar-refractivity contribution in [2.75, 3.05) is 11.9 Å². The molecule has 2 aliphatic heterocycles. The van der Waals surface area contributed by atoms with Gasteiger partial charge in [-0.3, -0.25) is 9.48 Å². The van der Waals surface area contributed by atoms with Gasteiger partial charge in [-0.15, -0.1) is 0 Å².